The van der Waals surface area contributed by atoms with Gasteiger partial charge in [0, 0.05) is 18.7 Å². The van der Waals surface area contributed by atoms with E-state index < -0.39 is 0 Å². The highest BCUT2D eigenvalue weighted by molar-refractivity contribution is 6.32. The number of rotatable bonds is 4. The van der Waals surface area contributed by atoms with E-state index in [4.69, 9.17) is 21.1 Å². The van der Waals surface area contributed by atoms with E-state index in [9.17, 15) is 4.79 Å². The number of hydrogen-bond donors (Lipinski definition) is 1. The van der Waals surface area contributed by atoms with Gasteiger partial charge in [0.2, 0.25) is 0 Å². The van der Waals surface area contributed by atoms with E-state index in [0.717, 1.165) is 19.4 Å². The third kappa shape index (κ3) is 3.15. The molecule has 1 aliphatic rings. The zero-order valence-corrected chi connectivity index (χ0v) is 11.0. The van der Waals surface area contributed by atoms with Gasteiger partial charge in [-0.05, 0) is 31.0 Å². The molecule has 18 heavy (non-hydrogen) atoms. The quantitative estimate of drug-likeness (QED) is 0.912. The van der Waals surface area contributed by atoms with E-state index in [1.807, 2.05) is 0 Å². The van der Waals surface area contributed by atoms with Crippen LogP contribution in [0.5, 0.6) is 5.75 Å². The van der Waals surface area contributed by atoms with E-state index in [-0.39, 0.29) is 12.0 Å². The van der Waals surface area contributed by atoms with E-state index in [0.29, 0.717) is 22.9 Å². The lowest BCUT2D eigenvalue weighted by Crippen LogP contribution is -2.31. The predicted molar refractivity (Wildman–Crippen MR) is 69.3 cm³/mol. The summed E-state index contributed by atoms with van der Waals surface area (Å²) in [6.45, 7) is 1.33. The number of carbonyl (C=O) groups is 1. The minimum absolute atomic E-state index is 0.141. The Bertz CT molecular complexity index is 430. The fourth-order valence-corrected chi connectivity index (χ4v) is 2.18. The predicted octanol–water partition coefficient (Wildman–Crippen LogP) is 2.26. The largest absolute Gasteiger partial charge is 0.495 e. The summed E-state index contributed by atoms with van der Waals surface area (Å²) in [6.07, 6.45) is 2.21. The summed E-state index contributed by atoms with van der Waals surface area (Å²) >= 11 is 5.97. The fourth-order valence-electron chi connectivity index (χ4n) is 1.92. The fraction of sp³-hybridized carbons (Fsp3) is 0.462. The van der Waals surface area contributed by atoms with Gasteiger partial charge in [0.15, 0.2) is 0 Å². The van der Waals surface area contributed by atoms with Crippen molar-refractivity contribution in [1.29, 1.82) is 0 Å². The van der Waals surface area contributed by atoms with Crippen molar-refractivity contribution in [2.75, 3.05) is 20.3 Å². The Hall–Kier alpha value is -1.26. The topological polar surface area (TPSA) is 47.6 Å². The molecule has 4 nitrogen and oxygen atoms in total. The zero-order valence-electron chi connectivity index (χ0n) is 10.2. The number of halogens is 1. The number of ether oxygens (including phenoxy) is 2. The summed E-state index contributed by atoms with van der Waals surface area (Å²) < 4.78 is 10.5. The molecule has 98 valence electrons. The monoisotopic (exact) mass is 269 g/mol. The van der Waals surface area contributed by atoms with Crippen LogP contribution in [0.25, 0.3) is 0 Å². The van der Waals surface area contributed by atoms with Crippen molar-refractivity contribution in [3.63, 3.8) is 0 Å². The van der Waals surface area contributed by atoms with Gasteiger partial charge in [0.1, 0.15) is 5.75 Å². The Labute approximate surface area is 111 Å². The SMILES string of the molecule is COc1ccc(C(=O)NC[C@H]2CCCO2)cc1Cl. The summed E-state index contributed by atoms with van der Waals surface area (Å²) in [6, 6.07) is 4.98. The Kier molecular flexibility index (Phi) is 4.44. The number of carbonyl (C=O) groups excluding carboxylic acids is 1. The molecule has 1 saturated heterocycles. The molecular weight excluding hydrogens is 254 g/mol. The molecule has 0 aromatic heterocycles. The van der Waals surface area contributed by atoms with Crippen LogP contribution in [0, 0.1) is 0 Å². The van der Waals surface area contributed by atoms with Gasteiger partial charge < -0.3 is 14.8 Å². The van der Waals surface area contributed by atoms with Crippen molar-refractivity contribution in [3.8, 4) is 5.75 Å². The summed E-state index contributed by atoms with van der Waals surface area (Å²) in [4.78, 5) is 11.9. The molecule has 1 aromatic rings. The highest BCUT2D eigenvalue weighted by Crippen LogP contribution is 2.24. The molecule has 1 amide bonds. The van der Waals surface area contributed by atoms with Gasteiger partial charge in [0.05, 0.1) is 18.2 Å². The molecule has 0 saturated carbocycles. The highest BCUT2D eigenvalue weighted by Gasteiger charge is 2.17. The third-order valence-electron chi connectivity index (χ3n) is 2.93. The van der Waals surface area contributed by atoms with Crippen LogP contribution in [0.4, 0.5) is 0 Å². The van der Waals surface area contributed by atoms with Crippen molar-refractivity contribution >= 4 is 17.5 Å². The van der Waals surface area contributed by atoms with E-state index in [1.165, 1.54) is 0 Å². The molecule has 1 atom stereocenters. The van der Waals surface area contributed by atoms with Crippen LogP contribution in [0.2, 0.25) is 5.02 Å². The number of nitrogens with one attached hydrogen (secondary N) is 1. The number of benzene rings is 1. The van der Waals surface area contributed by atoms with Gasteiger partial charge in [-0.2, -0.15) is 0 Å². The van der Waals surface area contributed by atoms with Crippen LogP contribution in [0.1, 0.15) is 23.2 Å². The average Bonchev–Trinajstić information content (AvgIpc) is 2.89. The molecule has 1 aliphatic heterocycles. The summed E-state index contributed by atoms with van der Waals surface area (Å²) in [5.41, 5.74) is 0.527. The van der Waals surface area contributed by atoms with Crippen LogP contribution in [0.15, 0.2) is 18.2 Å². The second-order valence-electron chi connectivity index (χ2n) is 4.19. The molecule has 5 heteroatoms. The molecule has 1 fully saturated rings. The first-order valence-corrected chi connectivity index (χ1v) is 6.32. The second kappa shape index (κ2) is 6.07. The zero-order chi connectivity index (χ0) is 13.0. The van der Waals surface area contributed by atoms with Crippen molar-refractivity contribution < 1.29 is 14.3 Å². The summed E-state index contributed by atoms with van der Waals surface area (Å²) in [5, 5.41) is 3.27. The van der Waals surface area contributed by atoms with Gasteiger partial charge in [-0.15, -0.1) is 0 Å². The van der Waals surface area contributed by atoms with Crippen molar-refractivity contribution in [1.82, 2.24) is 5.32 Å². The second-order valence-corrected chi connectivity index (χ2v) is 4.60. The molecule has 1 aromatic carbocycles. The lowest BCUT2D eigenvalue weighted by atomic mass is 10.2. The molecule has 0 radical (unpaired) electrons. The lowest BCUT2D eigenvalue weighted by Gasteiger charge is -2.11. The molecule has 2 rings (SSSR count). The first kappa shape index (κ1) is 13.2. The van der Waals surface area contributed by atoms with Crippen molar-refractivity contribution in [2.24, 2.45) is 0 Å². The van der Waals surface area contributed by atoms with Crippen LogP contribution in [0.3, 0.4) is 0 Å². The minimum Gasteiger partial charge on any atom is -0.495 e. The van der Waals surface area contributed by atoms with Crippen LogP contribution < -0.4 is 10.1 Å². The molecule has 0 spiro atoms. The molecular formula is C13H16ClNO3. The maximum atomic E-state index is 11.9. The minimum atomic E-state index is -0.143. The molecule has 0 aliphatic carbocycles. The van der Waals surface area contributed by atoms with E-state index >= 15 is 0 Å². The summed E-state index contributed by atoms with van der Waals surface area (Å²) in [7, 11) is 1.54. The van der Waals surface area contributed by atoms with Crippen molar-refractivity contribution in [2.45, 2.75) is 18.9 Å². The van der Waals surface area contributed by atoms with Gasteiger partial charge in [-0.3, -0.25) is 4.79 Å². The van der Waals surface area contributed by atoms with Gasteiger partial charge >= 0.3 is 0 Å². The Morgan fingerprint density at radius 2 is 2.44 bits per heavy atom. The maximum absolute atomic E-state index is 11.9. The molecule has 1 N–H and O–H groups in total. The van der Waals surface area contributed by atoms with E-state index in [1.54, 1.807) is 25.3 Å². The third-order valence-corrected chi connectivity index (χ3v) is 3.22. The van der Waals surface area contributed by atoms with Crippen LogP contribution in [-0.4, -0.2) is 32.3 Å². The number of amides is 1. The first-order chi connectivity index (χ1) is 8.70. The van der Waals surface area contributed by atoms with Gasteiger partial charge in [-0.25, -0.2) is 0 Å². The average molecular weight is 270 g/mol. The van der Waals surface area contributed by atoms with Crippen molar-refractivity contribution in [3.05, 3.63) is 28.8 Å². The van der Waals surface area contributed by atoms with E-state index in [2.05, 4.69) is 5.32 Å². The molecule has 1 heterocycles. The smallest absolute Gasteiger partial charge is 0.251 e. The highest BCUT2D eigenvalue weighted by atomic mass is 35.5. The van der Waals surface area contributed by atoms with Gasteiger partial charge in [0.25, 0.3) is 5.91 Å². The Balaban J connectivity index is 1.93. The standard InChI is InChI=1S/C13H16ClNO3/c1-17-12-5-4-9(7-11(12)14)13(16)15-8-10-3-2-6-18-10/h4-5,7,10H,2-3,6,8H2,1H3,(H,15,16)/t10-/m1/s1. The van der Waals surface area contributed by atoms with Gasteiger partial charge in [-0.1, -0.05) is 11.6 Å². The Morgan fingerprint density at radius 1 is 1.61 bits per heavy atom. The van der Waals surface area contributed by atoms with Crippen LogP contribution >= 0.6 is 11.6 Å². The lowest BCUT2D eigenvalue weighted by molar-refractivity contribution is 0.0858. The number of hydrogen-bond acceptors (Lipinski definition) is 3. The Morgan fingerprint density at radius 3 is 3.06 bits per heavy atom. The maximum Gasteiger partial charge on any atom is 0.251 e. The first-order valence-electron chi connectivity index (χ1n) is 5.94. The summed E-state index contributed by atoms with van der Waals surface area (Å²) in [5.74, 6) is 0.419. The number of methoxy groups -OCH3 is 1. The molecule has 0 unspecified atom stereocenters. The molecule has 0 bridgehead atoms. The normalized spacial score (nSPS) is 18.7. The van der Waals surface area contributed by atoms with Crippen LogP contribution in [-0.2, 0) is 4.74 Å².